The maximum absolute atomic E-state index is 9.46. The quantitative estimate of drug-likeness (QED) is 0.239. The lowest BCUT2D eigenvalue weighted by Crippen LogP contribution is -1.94. The molecule has 0 atom stereocenters. The summed E-state index contributed by atoms with van der Waals surface area (Å²) < 4.78 is 7.08. The minimum atomic E-state index is 0.694. The van der Waals surface area contributed by atoms with Crippen molar-refractivity contribution in [2.45, 2.75) is 0 Å². The Kier molecular flexibility index (Phi) is 4.17. The predicted octanol–water partition coefficient (Wildman–Crippen LogP) is 8.97. The third-order valence-electron chi connectivity index (χ3n) is 7.38. The van der Waals surface area contributed by atoms with Crippen molar-refractivity contribution in [3.63, 3.8) is 0 Å². The molecule has 0 bridgehead atoms. The van der Waals surface area contributed by atoms with Gasteiger partial charge in [-0.1, -0.05) is 36.4 Å². The van der Waals surface area contributed by atoms with Gasteiger partial charge >= 0.3 is 0 Å². The predicted molar refractivity (Wildman–Crippen MR) is 155 cm³/mol. The second-order valence-electron chi connectivity index (χ2n) is 9.37. The molecular weight excluding hydrogens is 470 g/mol. The summed E-state index contributed by atoms with van der Waals surface area (Å²) in [6, 6.07) is 40.9. The molecule has 0 unspecified atom stereocenters. The summed E-state index contributed by atoms with van der Waals surface area (Å²) in [5, 5.41) is 15.6. The van der Waals surface area contributed by atoms with E-state index in [1.807, 2.05) is 12.1 Å². The van der Waals surface area contributed by atoms with Crippen LogP contribution < -0.4 is 0 Å². The van der Waals surface area contributed by atoms with Crippen LogP contribution in [0.1, 0.15) is 5.56 Å². The van der Waals surface area contributed by atoms with E-state index in [1.54, 1.807) is 11.3 Å². The van der Waals surface area contributed by atoms with Crippen LogP contribution >= 0.6 is 11.3 Å². The number of hydrogen-bond acceptors (Lipinski definition) is 2. The standard InChI is InChI=1S/C33H19N3S/c34-20-21-10-14-31-26(18-21)27-19-23(11-15-32(27)37-31)36-29-9-5-4-8-24(29)33-25-16-17-35(22-6-2-1-3-7-22)28(25)12-13-30(33)36/h1-19H. The van der Waals surface area contributed by atoms with Crippen molar-refractivity contribution in [3.05, 3.63) is 121 Å². The molecule has 0 aliphatic heterocycles. The summed E-state index contributed by atoms with van der Waals surface area (Å²) in [6.45, 7) is 0. The first kappa shape index (κ1) is 20.4. The molecule has 0 N–H and O–H groups in total. The topological polar surface area (TPSA) is 33.6 Å². The lowest BCUT2D eigenvalue weighted by atomic mass is 10.1. The van der Waals surface area contributed by atoms with Gasteiger partial charge in [0.1, 0.15) is 0 Å². The molecule has 3 nitrogen and oxygen atoms in total. The first-order valence-electron chi connectivity index (χ1n) is 12.3. The molecule has 5 aromatic carbocycles. The zero-order valence-electron chi connectivity index (χ0n) is 19.7. The molecule has 8 aromatic rings. The van der Waals surface area contributed by atoms with Crippen molar-refractivity contribution in [2.75, 3.05) is 0 Å². The van der Waals surface area contributed by atoms with Crippen molar-refractivity contribution >= 4 is 64.2 Å². The third-order valence-corrected chi connectivity index (χ3v) is 8.53. The fourth-order valence-electron chi connectivity index (χ4n) is 5.75. The molecule has 0 fully saturated rings. The van der Waals surface area contributed by atoms with E-state index in [9.17, 15) is 5.26 Å². The molecule has 0 radical (unpaired) electrons. The van der Waals surface area contributed by atoms with Crippen LogP contribution in [0, 0.1) is 11.3 Å². The van der Waals surface area contributed by atoms with Crippen molar-refractivity contribution < 1.29 is 0 Å². The zero-order valence-corrected chi connectivity index (χ0v) is 20.5. The van der Waals surface area contributed by atoms with E-state index >= 15 is 0 Å². The van der Waals surface area contributed by atoms with Crippen molar-refractivity contribution in [3.8, 4) is 17.4 Å². The highest BCUT2D eigenvalue weighted by atomic mass is 32.1. The van der Waals surface area contributed by atoms with Crippen molar-refractivity contribution in [2.24, 2.45) is 0 Å². The third kappa shape index (κ3) is 2.86. The molecule has 37 heavy (non-hydrogen) atoms. The van der Waals surface area contributed by atoms with Crippen LogP contribution in [0.15, 0.2) is 115 Å². The molecule has 8 rings (SSSR count). The molecule has 0 saturated carbocycles. The molecule has 3 heterocycles. The normalized spacial score (nSPS) is 11.8. The van der Waals surface area contributed by atoms with Gasteiger partial charge in [0.15, 0.2) is 0 Å². The summed E-state index contributed by atoms with van der Waals surface area (Å²) in [5.41, 5.74) is 6.56. The van der Waals surface area contributed by atoms with Crippen LogP contribution in [0.25, 0.3) is 64.3 Å². The Bertz CT molecular complexity index is 2200. The Hall–Kier alpha value is -4.85. The van der Waals surface area contributed by atoms with E-state index in [1.165, 1.54) is 47.5 Å². The smallest absolute Gasteiger partial charge is 0.0991 e. The van der Waals surface area contributed by atoms with E-state index in [0.717, 1.165) is 16.8 Å². The second kappa shape index (κ2) is 7.57. The molecule has 172 valence electrons. The van der Waals surface area contributed by atoms with Crippen LogP contribution in [-0.4, -0.2) is 9.13 Å². The molecule has 0 spiro atoms. The lowest BCUT2D eigenvalue weighted by molar-refractivity contribution is 1.13. The highest BCUT2D eigenvalue weighted by molar-refractivity contribution is 7.25. The molecule has 0 aliphatic rings. The average Bonchev–Trinajstić information content (AvgIpc) is 3.64. The fraction of sp³-hybridized carbons (Fsp3) is 0. The Morgan fingerprint density at radius 3 is 2.16 bits per heavy atom. The van der Waals surface area contributed by atoms with E-state index in [-0.39, 0.29) is 0 Å². The first-order chi connectivity index (χ1) is 18.3. The minimum absolute atomic E-state index is 0.694. The van der Waals surface area contributed by atoms with Gasteiger partial charge in [0.05, 0.1) is 28.2 Å². The van der Waals surface area contributed by atoms with Crippen LogP contribution in [0.5, 0.6) is 0 Å². The van der Waals surface area contributed by atoms with Gasteiger partial charge in [0.2, 0.25) is 0 Å². The number of rotatable bonds is 2. The number of aromatic nitrogens is 2. The molecular formula is C33H19N3S. The van der Waals surface area contributed by atoms with Crippen molar-refractivity contribution in [1.29, 1.82) is 5.26 Å². The van der Waals surface area contributed by atoms with Gasteiger partial charge in [-0.25, -0.2) is 0 Å². The van der Waals surface area contributed by atoms with Gasteiger partial charge in [-0.05, 0) is 72.8 Å². The molecule has 0 aliphatic carbocycles. The number of thiophene rings is 1. The lowest BCUT2D eigenvalue weighted by Gasteiger charge is -2.09. The Balaban J connectivity index is 1.44. The Morgan fingerprint density at radius 1 is 0.568 bits per heavy atom. The van der Waals surface area contributed by atoms with Crippen molar-refractivity contribution in [1.82, 2.24) is 9.13 Å². The van der Waals surface area contributed by atoms with Gasteiger partial charge < -0.3 is 9.13 Å². The maximum atomic E-state index is 9.46. The van der Waals surface area contributed by atoms with Gasteiger partial charge in [-0.15, -0.1) is 11.3 Å². The number of benzene rings is 5. The van der Waals surface area contributed by atoms with Crippen LogP contribution in [0.3, 0.4) is 0 Å². The number of fused-ring (bicyclic) bond motifs is 8. The highest BCUT2D eigenvalue weighted by Gasteiger charge is 2.17. The van der Waals surface area contributed by atoms with Gasteiger partial charge in [-0.3, -0.25) is 0 Å². The van der Waals surface area contributed by atoms with Gasteiger partial charge in [0.25, 0.3) is 0 Å². The monoisotopic (exact) mass is 489 g/mol. The van der Waals surface area contributed by atoms with E-state index in [2.05, 4.69) is 118 Å². The Morgan fingerprint density at radius 2 is 1.30 bits per heavy atom. The highest BCUT2D eigenvalue weighted by Crippen LogP contribution is 2.40. The van der Waals surface area contributed by atoms with Crippen LogP contribution in [0.2, 0.25) is 0 Å². The second-order valence-corrected chi connectivity index (χ2v) is 10.5. The zero-order chi connectivity index (χ0) is 24.5. The molecule has 0 amide bonds. The van der Waals surface area contributed by atoms with E-state index in [4.69, 9.17) is 0 Å². The molecule has 0 saturated heterocycles. The first-order valence-corrected chi connectivity index (χ1v) is 13.1. The largest absolute Gasteiger partial charge is 0.317 e. The van der Waals surface area contributed by atoms with E-state index < -0.39 is 0 Å². The summed E-state index contributed by atoms with van der Waals surface area (Å²) in [7, 11) is 0. The number of nitrogens with zero attached hydrogens (tertiary/aromatic N) is 3. The van der Waals surface area contributed by atoms with E-state index in [0.29, 0.717) is 5.56 Å². The minimum Gasteiger partial charge on any atom is -0.317 e. The summed E-state index contributed by atoms with van der Waals surface area (Å²) in [5.74, 6) is 0. The fourth-order valence-corrected chi connectivity index (χ4v) is 6.82. The Labute approximate surface area is 216 Å². The average molecular weight is 490 g/mol. The summed E-state index contributed by atoms with van der Waals surface area (Å²) in [6.07, 6.45) is 2.17. The number of hydrogen-bond donors (Lipinski definition) is 0. The number of para-hydroxylation sites is 2. The molecule has 3 aromatic heterocycles. The number of nitriles is 1. The van der Waals surface area contributed by atoms with Gasteiger partial charge in [0, 0.05) is 53.9 Å². The maximum Gasteiger partial charge on any atom is 0.0991 e. The van der Waals surface area contributed by atoms with Crippen LogP contribution in [0.4, 0.5) is 0 Å². The SMILES string of the molecule is N#Cc1ccc2sc3ccc(-n4c5ccccc5c5c6ccn(-c7ccccc7)c6ccc54)cc3c2c1. The summed E-state index contributed by atoms with van der Waals surface area (Å²) in [4.78, 5) is 0. The van der Waals surface area contributed by atoms with Gasteiger partial charge in [-0.2, -0.15) is 5.26 Å². The molecule has 4 heteroatoms. The van der Waals surface area contributed by atoms with Crippen LogP contribution in [-0.2, 0) is 0 Å². The summed E-state index contributed by atoms with van der Waals surface area (Å²) >= 11 is 1.78.